The molecule has 84 valence electrons. The van der Waals surface area contributed by atoms with Gasteiger partial charge in [-0.1, -0.05) is 11.6 Å². The molecule has 1 aromatic heterocycles. The number of hydrogen-bond donors (Lipinski definition) is 1. The normalized spacial score (nSPS) is 11.3. The summed E-state index contributed by atoms with van der Waals surface area (Å²) in [6.45, 7) is 5.08. The van der Waals surface area contributed by atoms with Gasteiger partial charge in [-0.15, -0.1) is 11.3 Å². The van der Waals surface area contributed by atoms with Gasteiger partial charge in [-0.2, -0.15) is 0 Å². The number of carbonyl (C=O) groups is 1. The van der Waals surface area contributed by atoms with Gasteiger partial charge in [-0.05, 0) is 26.0 Å². The number of nitrogens with two attached hydrogens (primary N) is 1. The average Bonchev–Trinajstić information content (AvgIpc) is 2.49. The molecule has 0 saturated heterocycles. The van der Waals surface area contributed by atoms with Crippen molar-refractivity contribution >= 4 is 28.8 Å². The third-order valence-electron chi connectivity index (χ3n) is 2.08. The standard InChI is InChI=1S/C10H15ClN2OS/c1-7(2)13(6-10(12)14)5-8-3-4-9(11)15-8/h3-4,7H,5-6H2,1-2H3,(H2,12,14). The molecule has 0 aliphatic rings. The molecule has 0 bridgehead atoms. The number of rotatable bonds is 5. The molecule has 1 rings (SSSR count). The van der Waals surface area contributed by atoms with Crippen LogP contribution in [0.4, 0.5) is 0 Å². The van der Waals surface area contributed by atoms with Gasteiger partial charge in [-0.25, -0.2) is 0 Å². The zero-order valence-corrected chi connectivity index (χ0v) is 10.4. The topological polar surface area (TPSA) is 46.3 Å². The van der Waals surface area contributed by atoms with E-state index < -0.39 is 0 Å². The minimum Gasteiger partial charge on any atom is -0.369 e. The van der Waals surface area contributed by atoms with E-state index in [1.54, 1.807) is 0 Å². The summed E-state index contributed by atoms with van der Waals surface area (Å²) in [4.78, 5) is 14.0. The molecule has 0 unspecified atom stereocenters. The Balaban J connectivity index is 2.62. The highest BCUT2D eigenvalue weighted by Crippen LogP contribution is 2.23. The highest BCUT2D eigenvalue weighted by atomic mass is 35.5. The van der Waals surface area contributed by atoms with Crippen LogP contribution in [0.5, 0.6) is 0 Å². The molecule has 0 fully saturated rings. The van der Waals surface area contributed by atoms with Gasteiger partial charge in [0.25, 0.3) is 0 Å². The van der Waals surface area contributed by atoms with E-state index in [4.69, 9.17) is 17.3 Å². The molecule has 0 radical (unpaired) electrons. The summed E-state index contributed by atoms with van der Waals surface area (Å²) >= 11 is 7.37. The van der Waals surface area contributed by atoms with E-state index in [-0.39, 0.29) is 12.5 Å². The first-order chi connectivity index (χ1) is 6.99. The number of halogens is 1. The Morgan fingerprint density at radius 1 is 1.60 bits per heavy atom. The van der Waals surface area contributed by atoms with Crippen molar-refractivity contribution in [3.63, 3.8) is 0 Å². The highest BCUT2D eigenvalue weighted by molar-refractivity contribution is 7.16. The van der Waals surface area contributed by atoms with Gasteiger partial charge in [-0.3, -0.25) is 9.69 Å². The molecule has 5 heteroatoms. The molecule has 1 aromatic rings. The lowest BCUT2D eigenvalue weighted by Gasteiger charge is -2.24. The van der Waals surface area contributed by atoms with Gasteiger partial charge in [0.2, 0.25) is 5.91 Å². The van der Waals surface area contributed by atoms with E-state index in [1.165, 1.54) is 11.3 Å². The van der Waals surface area contributed by atoms with Gasteiger partial charge in [0.15, 0.2) is 0 Å². The molecule has 0 aliphatic heterocycles. The first-order valence-electron chi connectivity index (χ1n) is 4.75. The van der Waals surface area contributed by atoms with Crippen molar-refractivity contribution in [1.29, 1.82) is 0 Å². The number of carbonyl (C=O) groups excluding carboxylic acids is 1. The van der Waals surface area contributed by atoms with Crippen LogP contribution in [-0.2, 0) is 11.3 Å². The molecule has 0 spiro atoms. The van der Waals surface area contributed by atoms with Crippen molar-refractivity contribution in [2.75, 3.05) is 6.54 Å². The monoisotopic (exact) mass is 246 g/mol. The fourth-order valence-corrected chi connectivity index (χ4v) is 2.37. The summed E-state index contributed by atoms with van der Waals surface area (Å²) in [5, 5.41) is 0. The zero-order chi connectivity index (χ0) is 11.4. The molecule has 1 amide bonds. The van der Waals surface area contributed by atoms with E-state index >= 15 is 0 Å². The second-order valence-electron chi connectivity index (χ2n) is 3.67. The van der Waals surface area contributed by atoms with E-state index in [1.807, 2.05) is 30.9 Å². The minimum absolute atomic E-state index is 0.285. The molecule has 15 heavy (non-hydrogen) atoms. The van der Waals surface area contributed by atoms with Crippen LogP contribution in [-0.4, -0.2) is 23.4 Å². The first kappa shape index (κ1) is 12.5. The van der Waals surface area contributed by atoms with Gasteiger partial charge < -0.3 is 5.73 Å². The molecule has 1 heterocycles. The molecule has 2 N–H and O–H groups in total. The van der Waals surface area contributed by atoms with E-state index in [9.17, 15) is 4.79 Å². The average molecular weight is 247 g/mol. The number of primary amides is 1. The predicted molar refractivity (Wildman–Crippen MR) is 64.1 cm³/mol. The second kappa shape index (κ2) is 5.49. The van der Waals surface area contributed by atoms with Crippen LogP contribution in [0.15, 0.2) is 12.1 Å². The van der Waals surface area contributed by atoms with Crippen LogP contribution in [0.25, 0.3) is 0 Å². The van der Waals surface area contributed by atoms with Crippen LogP contribution < -0.4 is 5.73 Å². The predicted octanol–water partition coefficient (Wildman–Crippen LogP) is 2.10. The minimum atomic E-state index is -0.300. The van der Waals surface area contributed by atoms with Crippen LogP contribution in [0.2, 0.25) is 4.34 Å². The fraction of sp³-hybridized carbons (Fsp3) is 0.500. The Bertz CT molecular complexity index is 338. The Kier molecular flexibility index (Phi) is 4.57. The fourth-order valence-electron chi connectivity index (χ4n) is 1.26. The molecular weight excluding hydrogens is 232 g/mol. The lowest BCUT2D eigenvalue weighted by molar-refractivity contribution is -0.119. The van der Waals surface area contributed by atoms with E-state index in [0.717, 1.165) is 15.8 Å². The third-order valence-corrected chi connectivity index (χ3v) is 3.29. The molecule has 0 atom stereocenters. The van der Waals surface area contributed by atoms with Crippen LogP contribution in [0.3, 0.4) is 0 Å². The van der Waals surface area contributed by atoms with Crippen molar-refractivity contribution in [3.05, 3.63) is 21.3 Å². The number of hydrogen-bond acceptors (Lipinski definition) is 3. The summed E-state index contributed by atoms with van der Waals surface area (Å²) in [5.74, 6) is -0.300. The maximum Gasteiger partial charge on any atom is 0.231 e. The Morgan fingerprint density at radius 3 is 2.67 bits per heavy atom. The number of amides is 1. The second-order valence-corrected chi connectivity index (χ2v) is 5.47. The first-order valence-corrected chi connectivity index (χ1v) is 5.95. The summed E-state index contributed by atoms with van der Waals surface area (Å²) in [6, 6.07) is 4.13. The van der Waals surface area contributed by atoms with Crippen molar-refractivity contribution in [3.8, 4) is 0 Å². The molecule has 0 aliphatic carbocycles. The van der Waals surface area contributed by atoms with Crippen molar-refractivity contribution in [1.82, 2.24) is 4.90 Å². The molecule has 0 saturated carbocycles. The van der Waals surface area contributed by atoms with E-state index in [2.05, 4.69) is 0 Å². The van der Waals surface area contributed by atoms with Gasteiger partial charge in [0.1, 0.15) is 0 Å². The highest BCUT2D eigenvalue weighted by Gasteiger charge is 2.13. The van der Waals surface area contributed by atoms with E-state index in [0.29, 0.717) is 6.04 Å². The smallest absolute Gasteiger partial charge is 0.231 e. The molecule has 3 nitrogen and oxygen atoms in total. The molecule has 0 aromatic carbocycles. The Labute approximate surface area is 98.8 Å². The van der Waals surface area contributed by atoms with Gasteiger partial charge in [0, 0.05) is 17.5 Å². The van der Waals surface area contributed by atoms with Crippen molar-refractivity contribution < 1.29 is 4.79 Å². The lowest BCUT2D eigenvalue weighted by Crippen LogP contribution is -2.37. The SMILES string of the molecule is CC(C)N(CC(N)=O)Cc1ccc(Cl)s1. The van der Waals surface area contributed by atoms with Crippen molar-refractivity contribution in [2.45, 2.75) is 26.4 Å². The summed E-state index contributed by atoms with van der Waals surface area (Å²) in [6.07, 6.45) is 0. The summed E-state index contributed by atoms with van der Waals surface area (Å²) in [7, 11) is 0. The van der Waals surface area contributed by atoms with Gasteiger partial charge >= 0.3 is 0 Å². The summed E-state index contributed by atoms with van der Waals surface area (Å²) < 4.78 is 0.771. The number of nitrogens with zero attached hydrogens (tertiary/aromatic N) is 1. The molecular formula is C10H15ClN2OS. The van der Waals surface area contributed by atoms with Crippen LogP contribution in [0, 0.1) is 0 Å². The summed E-state index contributed by atoms with van der Waals surface area (Å²) in [5.41, 5.74) is 5.19. The largest absolute Gasteiger partial charge is 0.369 e. The maximum atomic E-state index is 10.9. The quantitative estimate of drug-likeness (QED) is 0.865. The Hall–Kier alpha value is -0.580. The number of thiophene rings is 1. The zero-order valence-electron chi connectivity index (χ0n) is 8.87. The maximum absolute atomic E-state index is 10.9. The Morgan fingerprint density at radius 2 is 2.27 bits per heavy atom. The van der Waals surface area contributed by atoms with Crippen molar-refractivity contribution in [2.24, 2.45) is 5.73 Å². The lowest BCUT2D eigenvalue weighted by atomic mass is 10.3. The third kappa shape index (κ3) is 4.20. The van der Waals surface area contributed by atoms with Crippen LogP contribution in [0.1, 0.15) is 18.7 Å². The van der Waals surface area contributed by atoms with Crippen LogP contribution >= 0.6 is 22.9 Å². The van der Waals surface area contributed by atoms with Gasteiger partial charge in [0.05, 0.1) is 10.9 Å².